The summed E-state index contributed by atoms with van der Waals surface area (Å²) < 4.78 is 1.03. The molecule has 0 spiro atoms. The van der Waals surface area contributed by atoms with Gasteiger partial charge in [-0.2, -0.15) is 0 Å². The van der Waals surface area contributed by atoms with Crippen molar-refractivity contribution in [3.63, 3.8) is 0 Å². The van der Waals surface area contributed by atoms with Crippen molar-refractivity contribution in [3.05, 3.63) is 34.3 Å². The Labute approximate surface area is 118 Å². The number of halogens is 1. The molecule has 1 aliphatic rings. The molecule has 0 aromatic heterocycles. The van der Waals surface area contributed by atoms with Gasteiger partial charge in [-0.25, -0.2) is 0 Å². The van der Waals surface area contributed by atoms with Crippen molar-refractivity contribution in [1.29, 1.82) is 0 Å². The molecule has 3 heteroatoms. The van der Waals surface area contributed by atoms with Gasteiger partial charge in [0.15, 0.2) is 0 Å². The van der Waals surface area contributed by atoms with Crippen LogP contribution < -0.4 is 0 Å². The third-order valence-corrected chi connectivity index (χ3v) is 4.31. The van der Waals surface area contributed by atoms with E-state index in [1.54, 1.807) is 0 Å². The number of aliphatic hydroxyl groups excluding tert-OH is 1. The SMILES string of the molecule is CN(CCC(O)c1cccc(Br)c1)CC1CCC1. The molecule has 2 nitrogen and oxygen atoms in total. The van der Waals surface area contributed by atoms with Crippen molar-refractivity contribution >= 4 is 15.9 Å². The Morgan fingerprint density at radius 2 is 2.22 bits per heavy atom. The van der Waals surface area contributed by atoms with Gasteiger partial charge in [-0.3, -0.25) is 0 Å². The van der Waals surface area contributed by atoms with Gasteiger partial charge in [0.2, 0.25) is 0 Å². The van der Waals surface area contributed by atoms with Crippen LogP contribution in [0, 0.1) is 5.92 Å². The molecule has 1 unspecified atom stereocenters. The lowest BCUT2D eigenvalue weighted by atomic mass is 9.85. The van der Waals surface area contributed by atoms with E-state index >= 15 is 0 Å². The number of nitrogens with zero attached hydrogens (tertiary/aromatic N) is 1. The molecule has 0 aliphatic heterocycles. The summed E-state index contributed by atoms with van der Waals surface area (Å²) >= 11 is 3.44. The second kappa shape index (κ2) is 6.69. The van der Waals surface area contributed by atoms with Crippen molar-refractivity contribution in [2.24, 2.45) is 5.92 Å². The van der Waals surface area contributed by atoms with Crippen molar-refractivity contribution in [1.82, 2.24) is 4.90 Å². The van der Waals surface area contributed by atoms with Gasteiger partial charge in [0.25, 0.3) is 0 Å². The van der Waals surface area contributed by atoms with E-state index in [1.165, 1.54) is 25.8 Å². The molecular formula is C15H22BrNO. The molecule has 18 heavy (non-hydrogen) atoms. The number of aliphatic hydroxyl groups is 1. The number of rotatable bonds is 6. The molecule has 100 valence electrons. The van der Waals surface area contributed by atoms with E-state index in [4.69, 9.17) is 0 Å². The first-order chi connectivity index (χ1) is 8.65. The molecular weight excluding hydrogens is 290 g/mol. The molecule has 0 heterocycles. The van der Waals surface area contributed by atoms with Crippen LogP contribution in [0.15, 0.2) is 28.7 Å². The van der Waals surface area contributed by atoms with Crippen molar-refractivity contribution < 1.29 is 5.11 Å². The van der Waals surface area contributed by atoms with Gasteiger partial charge in [0.05, 0.1) is 6.10 Å². The first-order valence-electron chi connectivity index (χ1n) is 6.77. The molecule has 1 fully saturated rings. The highest BCUT2D eigenvalue weighted by Gasteiger charge is 2.19. The lowest BCUT2D eigenvalue weighted by Gasteiger charge is -2.30. The molecule has 1 aromatic carbocycles. The Hall–Kier alpha value is -0.380. The highest BCUT2D eigenvalue weighted by Crippen LogP contribution is 2.27. The number of hydrogen-bond donors (Lipinski definition) is 1. The third-order valence-electron chi connectivity index (χ3n) is 3.81. The van der Waals surface area contributed by atoms with Crippen molar-refractivity contribution in [2.45, 2.75) is 31.8 Å². The predicted octanol–water partition coefficient (Wildman–Crippen LogP) is 3.60. The van der Waals surface area contributed by atoms with Crippen molar-refractivity contribution in [3.8, 4) is 0 Å². The van der Waals surface area contributed by atoms with Gasteiger partial charge in [-0.1, -0.05) is 34.5 Å². The van der Waals surface area contributed by atoms with Crippen LogP contribution in [-0.4, -0.2) is 30.1 Å². The van der Waals surface area contributed by atoms with E-state index in [-0.39, 0.29) is 6.10 Å². The van der Waals surface area contributed by atoms with Crippen LogP contribution in [0.3, 0.4) is 0 Å². The first kappa shape index (κ1) is 14.0. The maximum absolute atomic E-state index is 10.2. The zero-order valence-corrected chi connectivity index (χ0v) is 12.6. The Morgan fingerprint density at radius 3 is 2.83 bits per heavy atom. The van der Waals surface area contributed by atoms with Gasteiger partial charge < -0.3 is 10.0 Å². The van der Waals surface area contributed by atoms with Crippen LogP contribution in [0.4, 0.5) is 0 Å². The van der Waals surface area contributed by atoms with Crippen molar-refractivity contribution in [2.75, 3.05) is 20.1 Å². The fraction of sp³-hybridized carbons (Fsp3) is 0.600. The lowest BCUT2D eigenvalue weighted by Crippen LogP contribution is -2.30. The fourth-order valence-electron chi connectivity index (χ4n) is 2.43. The Morgan fingerprint density at radius 1 is 1.44 bits per heavy atom. The minimum absolute atomic E-state index is 0.355. The van der Waals surface area contributed by atoms with E-state index in [9.17, 15) is 5.11 Å². The predicted molar refractivity (Wildman–Crippen MR) is 78.6 cm³/mol. The summed E-state index contributed by atoms with van der Waals surface area (Å²) in [5, 5.41) is 10.2. The second-order valence-corrected chi connectivity index (χ2v) is 6.33. The maximum Gasteiger partial charge on any atom is 0.0802 e. The summed E-state index contributed by atoms with van der Waals surface area (Å²) in [7, 11) is 2.16. The van der Waals surface area contributed by atoms with Gasteiger partial charge in [0.1, 0.15) is 0 Å². The summed E-state index contributed by atoms with van der Waals surface area (Å²) in [4.78, 5) is 2.35. The highest BCUT2D eigenvalue weighted by molar-refractivity contribution is 9.10. The van der Waals surface area contributed by atoms with E-state index in [0.29, 0.717) is 0 Å². The second-order valence-electron chi connectivity index (χ2n) is 5.42. The summed E-state index contributed by atoms with van der Waals surface area (Å²) in [5.74, 6) is 0.901. The summed E-state index contributed by atoms with van der Waals surface area (Å²) in [6, 6.07) is 7.94. The molecule has 1 saturated carbocycles. The summed E-state index contributed by atoms with van der Waals surface area (Å²) in [6.45, 7) is 2.15. The largest absolute Gasteiger partial charge is 0.388 e. The quantitative estimate of drug-likeness (QED) is 0.867. The molecule has 0 bridgehead atoms. The normalized spacial score (nSPS) is 17.8. The zero-order chi connectivity index (χ0) is 13.0. The topological polar surface area (TPSA) is 23.5 Å². The first-order valence-corrected chi connectivity index (χ1v) is 7.56. The maximum atomic E-state index is 10.2. The molecule has 0 amide bonds. The summed E-state index contributed by atoms with van der Waals surface area (Å²) in [5.41, 5.74) is 1.00. The standard InChI is InChI=1S/C15H22BrNO/c1-17(11-12-4-2-5-12)9-8-15(18)13-6-3-7-14(16)10-13/h3,6-7,10,12,15,18H,2,4-5,8-9,11H2,1H3. The average Bonchev–Trinajstić information content (AvgIpc) is 2.31. The molecule has 0 saturated heterocycles. The number of hydrogen-bond acceptors (Lipinski definition) is 2. The molecule has 1 atom stereocenters. The van der Waals surface area contributed by atoms with Gasteiger partial charge >= 0.3 is 0 Å². The molecule has 0 radical (unpaired) electrons. The Bertz CT molecular complexity index is 379. The minimum Gasteiger partial charge on any atom is -0.388 e. The van der Waals surface area contributed by atoms with Gasteiger partial charge in [-0.05, 0) is 49.9 Å². The highest BCUT2D eigenvalue weighted by atomic mass is 79.9. The van der Waals surface area contributed by atoms with Crippen LogP contribution in [0.25, 0.3) is 0 Å². The molecule has 2 rings (SSSR count). The van der Waals surface area contributed by atoms with E-state index in [1.807, 2.05) is 24.3 Å². The van der Waals surface area contributed by atoms with Crippen LogP contribution >= 0.6 is 15.9 Å². The smallest absolute Gasteiger partial charge is 0.0802 e. The van der Waals surface area contributed by atoms with Gasteiger partial charge in [-0.15, -0.1) is 0 Å². The Kier molecular flexibility index (Phi) is 5.22. The van der Waals surface area contributed by atoms with Gasteiger partial charge in [0, 0.05) is 17.6 Å². The molecule has 1 aliphatic carbocycles. The summed E-state index contributed by atoms with van der Waals surface area (Å²) in [6.07, 6.45) is 4.63. The number of benzene rings is 1. The zero-order valence-electron chi connectivity index (χ0n) is 11.0. The minimum atomic E-state index is -0.355. The molecule has 1 N–H and O–H groups in total. The van der Waals surface area contributed by atoms with E-state index < -0.39 is 0 Å². The average molecular weight is 312 g/mol. The van der Waals surface area contributed by atoms with E-state index in [2.05, 4.69) is 27.9 Å². The third kappa shape index (κ3) is 4.08. The van der Waals surface area contributed by atoms with Crippen LogP contribution in [0.2, 0.25) is 0 Å². The Balaban J connectivity index is 1.75. The monoisotopic (exact) mass is 311 g/mol. The van der Waals surface area contributed by atoms with Crippen LogP contribution in [0.5, 0.6) is 0 Å². The molecule has 1 aromatic rings. The van der Waals surface area contributed by atoms with Crippen LogP contribution in [-0.2, 0) is 0 Å². The van der Waals surface area contributed by atoms with Crippen LogP contribution in [0.1, 0.15) is 37.4 Å². The van der Waals surface area contributed by atoms with E-state index in [0.717, 1.165) is 28.9 Å². The fourth-order valence-corrected chi connectivity index (χ4v) is 2.85. The lowest BCUT2D eigenvalue weighted by molar-refractivity contribution is 0.135.